The molecule has 0 unspecified atom stereocenters. The molecule has 4 heteroatoms. The molecule has 3 N–H and O–H groups in total. The van der Waals surface area contributed by atoms with Gasteiger partial charge in [0.1, 0.15) is 0 Å². The van der Waals surface area contributed by atoms with Crippen LogP contribution in [-0.2, 0) is 16.1 Å². The van der Waals surface area contributed by atoms with Crippen molar-refractivity contribution in [3.63, 3.8) is 0 Å². The number of ether oxygens (including phenoxy) is 1. The fourth-order valence-corrected chi connectivity index (χ4v) is 3.95. The van der Waals surface area contributed by atoms with Crippen molar-refractivity contribution in [1.82, 2.24) is 0 Å². The Balaban J connectivity index is 1.48. The van der Waals surface area contributed by atoms with Crippen molar-refractivity contribution < 1.29 is 9.53 Å². The van der Waals surface area contributed by atoms with Gasteiger partial charge in [-0.15, -0.1) is 0 Å². The summed E-state index contributed by atoms with van der Waals surface area (Å²) >= 11 is 0. The van der Waals surface area contributed by atoms with Gasteiger partial charge in [0.2, 0.25) is 5.91 Å². The molecule has 2 aliphatic rings. The molecule has 0 radical (unpaired) electrons. The molecule has 2 atom stereocenters. The molecule has 0 saturated heterocycles. The van der Waals surface area contributed by atoms with Crippen LogP contribution in [0.25, 0.3) is 0 Å². The van der Waals surface area contributed by atoms with E-state index in [-0.39, 0.29) is 11.9 Å². The standard InChI is InChI=1S/C20H30N2O2/c21-19-11-5-7-16(19)13-20(23)22-17-8-4-6-15(12-17)14-24-18-9-2-1-3-10-18/h4,6,8,12,16,18-19H,1-3,5,7,9-11,13-14,21H2,(H,22,23)/t16-,19+/m0/s1. The van der Waals surface area contributed by atoms with Crippen LogP contribution in [0.4, 0.5) is 5.69 Å². The number of nitrogens with two attached hydrogens (primary N) is 1. The highest BCUT2D eigenvalue weighted by Gasteiger charge is 2.26. The number of carbonyl (C=O) groups is 1. The highest BCUT2D eigenvalue weighted by molar-refractivity contribution is 5.91. The Labute approximate surface area is 145 Å². The summed E-state index contributed by atoms with van der Waals surface area (Å²) in [6.45, 7) is 0.627. The van der Waals surface area contributed by atoms with Crippen LogP contribution < -0.4 is 11.1 Å². The molecule has 24 heavy (non-hydrogen) atoms. The van der Waals surface area contributed by atoms with Gasteiger partial charge in [0.25, 0.3) is 0 Å². The SMILES string of the molecule is N[C@@H]1CCC[C@H]1CC(=O)Nc1cccc(COC2CCCCC2)c1. The van der Waals surface area contributed by atoms with E-state index >= 15 is 0 Å². The molecule has 3 rings (SSSR count). The molecule has 0 heterocycles. The average molecular weight is 330 g/mol. The van der Waals surface area contributed by atoms with Gasteiger partial charge in [-0.05, 0) is 49.3 Å². The van der Waals surface area contributed by atoms with Crippen molar-refractivity contribution in [3.05, 3.63) is 29.8 Å². The van der Waals surface area contributed by atoms with Crippen LogP contribution in [0.5, 0.6) is 0 Å². The highest BCUT2D eigenvalue weighted by atomic mass is 16.5. The van der Waals surface area contributed by atoms with E-state index in [1.807, 2.05) is 18.2 Å². The topological polar surface area (TPSA) is 64.4 Å². The van der Waals surface area contributed by atoms with Crippen molar-refractivity contribution in [2.24, 2.45) is 11.7 Å². The molecule has 1 amide bonds. The Kier molecular flexibility index (Phi) is 6.27. The lowest BCUT2D eigenvalue weighted by molar-refractivity contribution is -0.117. The molecular weight excluding hydrogens is 300 g/mol. The first-order valence-corrected chi connectivity index (χ1v) is 9.46. The molecule has 1 aromatic rings. The number of hydrogen-bond donors (Lipinski definition) is 2. The first-order valence-electron chi connectivity index (χ1n) is 9.46. The van der Waals surface area contributed by atoms with Crippen LogP contribution in [0.3, 0.4) is 0 Å². The quantitative estimate of drug-likeness (QED) is 0.829. The third-order valence-electron chi connectivity index (χ3n) is 5.41. The molecule has 2 saturated carbocycles. The Morgan fingerprint density at radius 1 is 1.12 bits per heavy atom. The van der Waals surface area contributed by atoms with E-state index < -0.39 is 0 Å². The maximum atomic E-state index is 12.2. The molecule has 0 aliphatic heterocycles. The van der Waals surface area contributed by atoms with Crippen LogP contribution >= 0.6 is 0 Å². The fourth-order valence-electron chi connectivity index (χ4n) is 3.95. The molecular formula is C20H30N2O2. The molecule has 0 aromatic heterocycles. The van der Waals surface area contributed by atoms with Crippen LogP contribution in [0, 0.1) is 5.92 Å². The summed E-state index contributed by atoms with van der Waals surface area (Å²) in [6, 6.07) is 8.19. The van der Waals surface area contributed by atoms with E-state index in [2.05, 4.69) is 11.4 Å². The zero-order valence-electron chi connectivity index (χ0n) is 14.5. The molecule has 4 nitrogen and oxygen atoms in total. The second-order valence-electron chi connectivity index (χ2n) is 7.38. The average Bonchev–Trinajstić information content (AvgIpc) is 2.99. The lowest BCUT2D eigenvalue weighted by atomic mass is 9.98. The van der Waals surface area contributed by atoms with Gasteiger partial charge in [-0.3, -0.25) is 4.79 Å². The number of amides is 1. The second kappa shape index (κ2) is 8.63. The fraction of sp³-hybridized carbons (Fsp3) is 0.650. The second-order valence-corrected chi connectivity index (χ2v) is 7.38. The van der Waals surface area contributed by atoms with Gasteiger partial charge in [0.05, 0.1) is 12.7 Å². The van der Waals surface area contributed by atoms with Gasteiger partial charge in [-0.25, -0.2) is 0 Å². The smallest absolute Gasteiger partial charge is 0.224 e. The van der Waals surface area contributed by atoms with Gasteiger partial charge in [0.15, 0.2) is 0 Å². The molecule has 2 aliphatic carbocycles. The molecule has 0 spiro atoms. The first kappa shape index (κ1) is 17.4. The molecule has 1 aromatic carbocycles. The summed E-state index contributed by atoms with van der Waals surface area (Å²) in [5.41, 5.74) is 8.04. The van der Waals surface area contributed by atoms with Gasteiger partial charge in [0, 0.05) is 18.2 Å². The van der Waals surface area contributed by atoms with Crippen LogP contribution in [-0.4, -0.2) is 18.1 Å². The van der Waals surface area contributed by atoms with Crippen molar-refractivity contribution in [1.29, 1.82) is 0 Å². The third-order valence-corrected chi connectivity index (χ3v) is 5.41. The number of carbonyl (C=O) groups excluding carboxylic acids is 1. The summed E-state index contributed by atoms with van der Waals surface area (Å²) in [6.07, 6.45) is 10.5. The summed E-state index contributed by atoms with van der Waals surface area (Å²) in [5.74, 6) is 0.408. The number of hydrogen-bond acceptors (Lipinski definition) is 3. The summed E-state index contributed by atoms with van der Waals surface area (Å²) < 4.78 is 6.02. The minimum atomic E-state index is 0.0719. The van der Waals surface area contributed by atoms with E-state index in [1.165, 1.54) is 32.1 Å². The molecule has 2 fully saturated rings. The van der Waals surface area contributed by atoms with Gasteiger partial charge in [-0.2, -0.15) is 0 Å². The minimum absolute atomic E-state index is 0.0719. The summed E-state index contributed by atoms with van der Waals surface area (Å²) in [5, 5.41) is 3.02. The molecule has 0 bridgehead atoms. The maximum Gasteiger partial charge on any atom is 0.224 e. The maximum absolute atomic E-state index is 12.2. The Hall–Kier alpha value is -1.39. The monoisotopic (exact) mass is 330 g/mol. The lowest BCUT2D eigenvalue weighted by Crippen LogP contribution is -2.28. The zero-order valence-corrected chi connectivity index (χ0v) is 14.5. The Morgan fingerprint density at radius 3 is 2.71 bits per heavy atom. The zero-order chi connectivity index (χ0) is 16.8. The predicted octanol–water partition coefficient (Wildman–Crippen LogP) is 3.99. The van der Waals surface area contributed by atoms with E-state index in [0.29, 0.717) is 25.0 Å². The number of nitrogens with one attached hydrogen (secondary N) is 1. The summed E-state index contributed by atoms with van der Waals surface area (Å²) in [7, 11) is 0. The Morgan fingerprint density at radius 2 is 1.96 bits per heavy atom. The predicted molar refractivity (Wildman–Crippen MR) is 96.7 cm³/mol. The van der Waals surface area contributed by atoms with Gasteiger partial charge < -0.3 is 15.8 Å². The van der Waals surface area contributed by atoms with E-state index in [4.69, 9.17) is 10.5 Å². The Bertz CT molecular complexity index is 540. The van der Waals surface area contributed by atoms with Crippen molar-refractivity contribution in [2.45, 2.75) is 76.5 Å². The lowest BCUT2D eigenvalue weighted by Gasteiger charge is -2.22. The van der Waals surface area contributed by atoms with Crippen molar-refractivity contribution >= 4 is 11.6 Å². The van der Waals surface area contributed by atoms with Crippen LogP contribution in [0.2, 0.25) is 0 Å². The van der Waals surface area contributed by atoms with Crippen LogP contribution in [0.15, 0.2) is 24.3 Å². The van der Waals surface area contributed by atoms with Crippen molar-refractivity contribution in [3.8, 4) is 0 Å². The highest BCUT2D eigenvalue weighted by Crippen LogP contribution is 2.27. The molecule has 132 valence electrons. The number of rotatable bonds is 6. The minimum Gasteiger partial charge on any atom is -0.374 e. The third kappa shape index (κ3) is 5.05. The van der Waals surface area contributed by atoms with Crippen LogP contribution in [0.1, 0.15) is 63.4 Å². The van der Waals surface area contributed by atoms with E-state index in [0.717, 1.165) is 30.5 Å². The van der Waals surface area contributed by atoms with E-state index in [9.17, 15) is 4.79 Å². The van der Waals surface area contributed by atoms with E-state index in [1.54, 1.807) is 0 Å². The van der Waals surface area contributed by atoms with Gasteiger partial charge in [-0.1, -0.05) is 37.8 Å². The number of benzene rings is 1. The van der Waals surface area contributed by atoms with Gasteiger partial charge >= 0.3 is 0 Å². The normalized spacial score (nSPS) is 24.9. The first-order chi connectivity index (χ1) is 11.7. The largest absolute Gasteiger partial charge is 0.374 e. The summed E-state index contributed by atoms with van der Waals surface area (Å²) in [4.78, 5) is 12.2. The van der Waals surface area contributed by atoms with Crippen molar-refractivity contribution in [2.75, 3.05) is 5.32 Å². The number of anilines is 1.